The Morgan fingerprint density at radius 1 is 1.53 bits per heavy atom. The number of furan rings is 1. The number of aliphatic carboxylic acids is 1. The molecule has 0 aliphatic carbocycles. The smallest absolute Gasteiger partial charge is 0.327 e. The van der Waals surface area contributed by atoms with E-state index in [2.05, 4.69) is 0 Å². The van der Waals surface area contributed by atoms with E-state index in [-0.39, 0.29) is 11.5 Å². The maximum Gasteiger partial charge on any atom is 0.327 e. The first-order valence-corrected chi connectivity index (χ1v) is 5.16. The van der Waals surface area contributed by atoms with Crippen molar-refractivity contribution in [1.82, 2.24) is 4.90 Å². The average molecular weight is 237 g/mol. The molecule has 0 spiro atoms. The van der Waals surface area contributed by atoms with Gasteiger partial charge in [0, 0.05) is 6.08 Å². The normalized spacial score (nSPS) is 13.1. The highest BCUT2D eigenvalue weighted by molar-refractivity contribution is 5.97. The van der Waals surface area contributed by atoms with Crippen LogP contribution in [-0.4, -0.2) is 41.9 Å². The Labute approximate surface area is 99.3 Å². The molecule has 0 saturated heterocycles. The zero-order chi connectivity index (χ0) is 12.8. The largest absolute Gasteiger partial charge is 0.478 e. The summed E-state index contributed by atoms with van der Waals surface area (Å²) >= 11 is 0. The fourth-order valence-corrected chi connectivity index (χ4v) is 1.43. The summed E-state index contributed by atoms with van der Waals surface area (Å²) in [5, 5.41) is 8.48. The van der Waals surface area contributed by atoms with Crippen molar-refractivity contribution in [3.63, 3.8) is 0 Å². The molecule has 1 aromatic rings. The predicted molar refractivity (Wildman–Crippen MR) is 61.9 cm³/mol. The molecule has 0 aromatic carbocycles. The second kappa shape index (κ2) is 6.00. The monoisotopic (exact) mass is 237 g/mol. The van der Waals surface area contributed by atoms with Crippen LogP contribution >= 0.6 is 0 Å². The molecule has 0 fully saturated rings. The Morgan fingerprint density at radius 3 is 2.71 bits per heavy atom. The minimum atomic E-state index is -1.02. The fourth-order valence-electron chi connectivity index (χ4n) is 1.43. The number of carboxylic acids is 1. The number of nitrogens with zero attached hydrogens (tertiary/aromatic N) is 1. The number of Topliss-reactive ketones (excluding diaryl/α,β-unsaturated/α-hetero) is 1. The van der Waals surface area contributed by atoms with Gasteiger partial charge in [0.1, 0.15) is 0 Å². The van der Waals surface area contributed by atoms with Gasteiger partial charge in [-0.3, -0.25) is 9.69 Å². The van der Waals surface area contributed by atoms with Gasteiger partial charge in [-0.1, -0.05) is 6.08 Å². The molecule has 0 amide bonds. The molecular weight excluding hydrogens is 222 g/mol. The van der Waals surface area contributed by atoms with Crippen LogP contribution in [0.3, 0.4) is 0 Å². The molecular formula is C12H15NO4. The maximum absolute atomic E-state index is 12.0. The highest BCUT2D eigenvalue weighted by Crippen LogP contribution is 2.11. The maximum atomic E-state index is 12.0. The van der Waals surface area contributed by atoms with Crippen LogP contribution < -0.4 is 0 Å². The van der Waals surface area contributed by atoms with Gasteiger partial charge < -0.3 is 9.52 Å². The summed E-state index contributed by atoms with van der Waals surface area (Å²) in [6.45, 7) is 0. The molecule has 5 heteroatoms. The quantitative estimate of drug-likeness (QED) is 0.598. The van der Waals surface area contributed by atoms with Gasteiger partial charge in [-0.05, 0) is 32.6 Å². The zero-order valence-electron chi connectivity index (χ0n) is 9.79. The van der Waals surface area contributed by atoms with Crippen molar-refractivity contribution in [3.05, 3.63) is 36.3 Å². The molecule has 0 radical (unpaired) electrons. The van der Waals surface area contributed by atoms with Gasteiger partial charge in [0.05, 0.1) is 12.3 Å². The number of hydrogen-bond donors (Lipinski definition) is 1. The van der Waals surface area contributed by atoms with Crippen LogP contribution in [0.1, 0.15) is 17.0 Å². The molecule has 92 valence electrons. The summed E-state index contributed by atoms with van der Waals surface area (Å²) in [6, 6.07) is 2.82. The number of carbonyl (C=O) groups excluding carboxylic acids is 1. The number of carbonyl (C=O) groups is 2. The molecule has 0 saturated carbocycles. The van der Waals surface area contributed by atoms with Crippen LogP contribution in [0.2, 0.25) is 0 Å². The van der Waals surface area contributed by atoms with E-state index >= 15 is 0 Å². The molecule has 1 unspecified atom stereocenters. The lowest BCUT2D eigenvalue weighted by Crippen LogP contribution is -2.35. The van der Waals surface area contributed by atoms with Crippen LogP contribution in [0, 0.1) is 0 Å². The number of likely N-dealkylation sites (N-methyl/N-ethyl adjacent to an activating group) is 1. The van der Waals surface area contributed by atoms with E-state index < -0.39 is 12.0 Å². The van der Waals surface area contributed by atoms with E-state index in [9.17, 15) is 9.59 Å². The molecule has 1 aromatic heterocycles. The summed E-state index contributed by atoms with van der Waals surface area (Å²) in [4.78, 5) is 24.1. The number of ketones is 1. The van der Waals surface area contributed by atoms with E-state index in [1.54, 1.807) is 31.1 Å². The highest BCUT2D eigenvalue weighted by atomic mass is 16.4. The van der Waals surface area contributed by atoms with Crippen LogP contribution in [0.5, 0.6) is 0 Å². The number of carboxylic acid groups (broad SMARTS) is 1. The average Bonchev–Trinajstić information content (AvgIpc) is 2.75. The molecule has 1 heterocycles. The van der Waals surface area contributed by atoms with Gasteiger partial charge in [-0.25, -0.2) is 4.79 Å². The molecule has 1 atom stereocenters. The van der Waals surface area contributed by atoms with E-state index in [0.717, 1.165) is 6.08 Å². The molecule has 5 nitrogen and oxygen atoms in total. The fraction of sp³-hybridized carbons (Fsp3) is 0.333. The first kappa shape index (κ1) is 13.2. The van der Waals surface area contributed by atoms with Crippen molar-refractivity contribution in [1.29, 1.82) is 0 Å². The lowest BCUT2D eigenvalue weighted by Gasteiger charge is -2.20. The summed E-state index contributed by atoms with van der Waals surface area (Å²) < 4.78 is 5.04. The first-order chi connectivity index (χ1) is 8.02. The van der Waals surface area contributed by atoms with Crippen LogP contribution in [0.25, 0.3) is 0 Å². The van der Waals surface area contributed by atoms with E-state index in [0.29, 0.717) is 6.42 Å². The van der Waals surface area contributed by atoms with Gasteiger partial charge in [0.25, 0.3) is 0 Å². The number of hydrogen-bond acceptors (Lipinski definition) is 4. The van der Waals surface area contributed by atoms with Gasteiger partial charge >= 0.3 is 5.97 Å². The van der Waals surface area contributed by atoms with Crippen molar-refractivity contribution >= 4 is 11.8 Å². The second-order valence-corrected chi connectivity index (χ2v) is 3.80. The van der Waals surface area contributed by atoms with Crippen molar-refractivity contribution < 1.29 is 19.1 Å². The van der Waals surface area contributed by atoms with Gasteiger partial charge in [-0.2, -0.15) is 0 Å². The van der Waals surface area contributed by atoms with E-state index in [4.69, 9.17) is 9.52 Å². The summed E-state index contributed by atoms with van der Waals surface area (Å²) in [7, 11) is 3.53. The molecule has 0 bridgehead atoms. The molecule has 1 N–H and O–H groups in total. The number of rotatable bonds is 6. The van der Waals surface area contributed by atoms with Crippen LogP contribution in [0.15, 0.2) is 35.0 Å². The second-order valence-electron chi connectivity index (χ2n) is 3.80. The van der Waals surface area contributed by atoms with Crippen molar-refractivity contribution in [3.8, 4) is 0 Å². The SMILES string of the molecule is CN(C)C(CC=CC(=O)O)C(=O)c1ccco1. The molecule has 17 heavy (non-hydrogen) atoms. The van der Waals surface area contributed by atoms with Gasteiger partial charge in [-0.15, -0.1) is 0 Å². The van der Waals surface area contributed by atoms with Crippen molar-refractivity contribution in [2.24, 2.45) is 0 Å². The van der Waals surface area contributed by atoms with E-state index in [1.807, 2.05) is 0 Å². The zero-order valence-corrected chi connectivity index (χ0v) is 9.79. The minimum Gasteiger partial charge on any atom is -0.478 e. The Bertz CT molecular complexity index is 406. The Balaban J connectivity index is 2.73. The van der Waals surface area contributed by atoms with E-state index in [1.165, 1.54) is 12.3 Å². The third kappa shape index (κ3) is 3.88. The summed E-state index contributed by atoms with van der Waals surface area (Å²) in [5.74, 6) is -0.893. The molecule has 0 aliphatic rings. The topological polar surface area (TPSA) is 70.8 Å². The predicted octanol–water partition coefficient (Wildman–Crippen LogP) is 1.42. The summed E-state index contributed by atoms with van der Waals surface area (Å²) in [5.41, 5.74) is 0. The Kier molecular flexibility index (Phi) is 4.66. The van der Waals surface area contributed by atoms with Crippen molar-refractivity contribution in [2.45, 2.75) is 12.5 Å². The first-order valence-electron chi connectivity index (χ1n) is 5.16. The van der Waals surface area contributed by atoms with Crippen molar-refractivity contribution in [2.75, 3.05) is 14.1 Å². The lowest BCUT2D eigenvalue weighted by atomic mass is 10.1. The Hall–Kier alpha value is -1.88. The lowest BCUT2D eigenvalue weighted by molar-refractivity contribution is -0.131. The van der Waals surface area contributed by atoms with Gasteiger partial charge in [0.2, 0.25) is 5.78 Å². The Morgan fingerprint density at radius 2 is 2.24 bits per heavy atom. The minimum absolute atomic E-state index is 0.157. The highest BCUT2D eigenvalue weighted by Gasteiger charge is 2.22. The van der Waals surface area contributed by atoms with Crippen LogP contribution in [-0.2, 0) is 4.79 Å². The molecule has 0 aliphatic heterocycles. The third-order valence-corrected chi connectivity index (χ3v) is 2.31. The molecule has 1 rings (SSSR count). The standard InChI is InChI=1S/C12H15NO4/c1-13(2)9(5-3-7-11(14)15)12(16)10-6-4-8-17-10/h3-4,6-9H,5H2,1-2H3,(H,14,15). The van der Waals surface area contributed by atoms with Gasteiger partial charge in [0.15, 0.2) is 5.76 Å². The third-order valence-electron chi connectivity index (χ3n) is 2.31. The van der Waals surface area contributed by atoms with Crippen LogP contribution in [0.4, 0.5) is 0 Å². The summed E-state index contributed by atoms with van der Waals surface area (Å²) in [6.07, 6.45) is 4.27.